The second kappa shape index (κ2) is 20.0. The average Bonchev–Trinajstić information content (AvgIpc) is 1.63. The molecule has 95 heavy (non-hydrogen) atoms. The van der Waals surface area contributed by atoms with Crippen molar-refractivity contribution >= 4 is 153 Å². The summed E-state index contributed by atoms with van der Waals surface area (Å²) in [5.74, 6) is 0. The molecule has 4 aromatic heterocycles. The van der Waals surface area contributed by atoms with Crippen molar-refractivity contribution in [1.29, 1.82) is 0 Å². The Labute approximate surface area is 569 Å². The Kier molecular flexibility index (Phi) is 8.24. The maximum Gasteiger partial charge on any atom is 0.252 e. The number of para-hydroxylation sites is 6. The summed E-state index contributed by atoms with van der Waals surface area (Å²) in [6.07, 6.45) is 0. The van der Waals surface area contributed by atoms with Crippen LogP contribution in [0.3, 0.4) is 0 Å². The molecular formula is C90H55BN4. The van der Waals surface area contributed by atoms with Crippen molar-refractivity contribution in [2.45, 2.75) is 0 Å². The zero-order chi connectivity index (χ0) is 75.9. The molecule has 0 spiro atoms. The molecule has 21 rings (SSSR count). The first-order valence-electron chi connectivity index (χ1n) is 39.7. The molecule has 0 unspecified atom stereocenters. The first-order valence-corrected chi connectivity index (χ1v) is 31.7. The van der Waals surface area contributed by atoms with Crippen molar-refractivity contribution in [1.82, 2.24) is 18.3 Å². The van der Waals surface area contributed by atoms with Gasteiger partial charge < -0.3 is 18.3 Å². The van der Waals surface area contributed by atoms with Gasteiger partial charge in [0.2, 0.25) is 0 Å². The molecule has 0 saturated carbocycles. The monoisotopic (exact) mass is 1220 g/mol. The maximum atomic E-state index is 9.44. The smallest absolute Gasteiger partial charge is 0.252 e. The normalized spacial score (nSPS) is 14.8. The van der Waals surface area contributed by atoms with Gasteiger partial charge in [-0.05, 0) is 160 Å². The molecule has 0 N–H and O–H groups in total. The Balaban J connectivity index is 0.930. The summed E-state index contributed by atoms with van der Waals surface area (Å²) in [5.41, 5.74) is 12.2. The van der Waals surface area contributed by atoms with Gasteiger partial charge in [-0.15, -0.1) is 0 Å². The minimum absolute atomic E-state index is 0.0140. The Morgan fingerprint density at radius 3 is 0.895 bits per heavy atom. The highest BCUT2D eigenvalue weighted by molar-refractivity contribution is 7.00. The molecule has 0 saturated heterocycles. The SMILES string of the molecule is [2H]c1c([2H])c([2H])c2c(c1[2H])c1c([2H])c([2H])c([2H])c([2H])c1n2-c1cccc(-c2ccc3c(c2)-n2c4ccccc4c4ccccc4c4ccccc4c4cc5c6ccccc6c6ccccc6c6ccccc6n6c5c(c42)B3c2ccc(-c3cccc(-n4c5c([2H])c([2H])c([2H])c([2H])c5c5c([2H])c([2H])c([2H])c([2H])c54)c3)cc2-6)c1. The molecule has 0 fully saturated rings. The van der Waals surface area contributed by atoms with Gasteiger partial charge in [-0.3, -0.25) is 0 Å². The molecule has 2 aliphatic heterocycles. The van der Waals surface area contributed by atoms with Crippen LogP contribution in [0, 0.1) is 0 Å². The number of hydrogen-bond donors (Lipinski definition) is 0. The van der Waals surface area contributed by atoms with Crippen molar-refractivity contribution in [3.63, 3.8) is 0 Å². The lowest BCUT2D eigenvalue weighted by Gasteiger charge is -2.36. The molecule has 5 heteroatoms. The summed E-state index contributed by atoms with van der Waals surface area (Å²) in [4.78, 5) is 0. The number of aromatic nitrogens is 4. The zero-order valence-electron chi connectivity index (χ0n) is 66.4. The van der Waals surface area contributed by atoms with Crippen LogP contribution in [0.2, 0.25) is 0 Å². The fraction of sp³-hybridized carbons (Fsp3) is 0. The van der Waals surface area contributed by atoms with Crippen LogP contribution in [0.5, 0.6) is 0 Å². The van der Waals surface area contributed by atoms with E-state index in [1.165, 1.54) is 0 Å². The molecule has 0 radical (unpaired) electrons. The molecule has 438 valence electrons. The van der Waals surface area contributed by atoms with Crippen molar-refractivity contribution in [2.24, 2.45) is 0 Å². The Morgan fingerprint density at radius 1 is 0.221 bits per heavy atom. The third-order valence-electron chi connectivity index (χ3n) is 19.9. The second-order valence-corrected chi connectivity index (χ2v) is 24.6. The van der Waals surface area contributed by atoms with Crippen LogP contribution in [0.4, 0.5) is 0 Å². The molecule has 0 bridgehead atoms. The number of hydrogen-bond acceptors (Lipinski definition) is 0. The minimum atomic E-state index is -0.524. The Morgan fingerprint density at radius 2 is 0.526 bits per heavy atom. The third-order valence-corrected chi connectivity index (χ3v) is 19.9. The van der Waals surface area contributed by atoms with Gasteiger partial charge in [0.1, 0.15) is 0 Å². The van der Waals surface area contributed by atoms with Gasteiger partial charge in [0.25, 0.3) is 6.71 Å². The van der Waals surface area contributed by atoms with E-state index in [1.807, 2.05) is 36.4 Å². The standard InChI is InChI=1S/C90H55BN4/c1-5-31-66-62(27-1)64-29-3-7-33-68(64)76-55-77-69-34-8-4-30-65(69)63-28-2-6-32-67(63)71-36-10-20-46-85(71)95-87-54-59(57-24-22-26-61(52-57)93-82-43-17-13-39-74(82)75-40-14-18-44-83(75)93)48-50-79(87)91-78-49-47-58(53-86(78)94(89(76)88(91)90(77)95)84-45-19-9-35-70(66)84)56-23-21-25-60(51-56)92-80-41-15-11-37-72(80)73-38-12-16-42-81(73)92/h1-55H/i11D,12D,13D,14D,15D,16D,17D,18D,37D,38D,39D,40D,41D,42D,43D,44D. The van der Waals surface area contributed by atoms with E-state index in [1.54, 1.807) is 21.3 Å². The summed E-state index contributed by atoms with van der Waals surface area (Å²) >= 11 is 0. The summed E-state index contributed by atoms with van der Waals surface area (Å²) in [7, 11) is 0. The summed E-state index contributed by atoms with van der Waals surface area (Å²) in [6.45, 7) is -0.524. The molecular weight excluding hydrogens is 1150 g/mol. The quantitative estimate of drug-likeness (QED) is 0.157. The Bertz CT molecular complexity index is 7160. The van der Waals surface area contributed by atoms with Crippen molar-refractivity contribution in [3.05, 3.63) is 333 Å². The lowest BCUT2D eigenvalue weighted by atomic mass is 9.34. The van der Waals surface area contributed by atoms with Crippen LogP contribution < -0.4 is 16.4 Å². The van der Waals surface area contributed by atoms with E-state index in [9.17, 15) is 11.0 Å². The highest BCUT2D eigenvalue weighted by Crippen LogP contribution is 2.44. The number of rotatable bonds is 4. The highest BCUT2D eigenvalue weighted by Gasteiger charge is 2.40. The van der Waals surface area contributed by atoms with Crippen molar-refractivity contribution in [3.8, 4) is 45.0 Å². The summed E-state index contributed by atoms with van der Waals surface area (Å²) in [5, 5.41) is 12.1. The maximum absolute atomic E-state index is 9.44. The average molecular weight is 1220 g/mol. The van der Waals surface area contributed by atoms with Gasteiger partial charge in [0.05, 0.1) is 66.1 Å². The molecule has 15 aromatic carbocycles. The van der Waals surface area contributed by atoms with E-state index in [2.05, 4.69) is 197 Å². The lowest BCUT2D eigenvalue weighted by Crippen LogP contribution is -2.59. The van der Waals surface area contributed by atoms with Gasteiger partial charge in [-0.1, -0.05) is 255 Å². The predicted octanol–water partition coefficient (Wildman–Crippen LogP) is 21.4. The van der Waals surface area contributed by atoms with Crippen LogP contribution in [0.15, 0.2) is 333 Å². The Hall–Kier alpha value is -12.4. The summed E-state index contributed by atoms with van der Waals surface area (Å²) < 4.78 is 154. The molecule has 19 aromatic rings. The fourth-order valence-corrected chi connectivity index (χ4v) is 16.0. The van der Waals surface area contributed by atoms with Crippen LogP contribution in [0.25, 0.3) is 175 Å². The predicted molar refractivity (Wildman–Crippen MR) is 405 cm³/mol. The van der Waals surface area contributed by atoms with E-state index in [4.69, 9.17) is 11.0 Å². The van der Waals surface area contributed by atoms with E-state index in [-0.39, 0.29) is 43.6 Å². The van der Waals surface area contributed by atoms with E-state index in [0.29, 0.717) is 22.5 Å². The van der Waals surface area contributed by atoms with E-state index < -0.39 is 103 Å². The van der Waals surface area contributed by atoms with Gasteiger partial charge in [0.15, 0.2) is 0 Å². The topological polar surface area (TPSA) is 19.7 Å². The van der Waals surface area contributed by atoms with Crippen LogP contribution >= 0.6 is 0 Å². The van der Waals surface area contributed by atoms with Crippen LogP contribution in [0.1, 0.15) is 21.9 Å². The van der Waals surface area contributed by atoms with Gasteiger partial charge in [-0.25, -0.2) is 0 Å². The van der Waals surface area contributed by atoms with Gasteiger partial charge in [-0.2, -0.15) is 0 Å². The number of nitrogens with zero attached hydrogens (tertiary/aromatic N) is 4. The summed E-state index contributed by atoms with van der Waals surface area (Å²) in [6, 6.07) is 74.8. The van der Waals surface area contributed by atoms with Crippen molar-refractivity contribution in [2.75, 3.05) is 0 Å². The van der Waals surface area contributed by atoms with E-state index >= 15 is 0 Å². The number of fused-ring (bicyclic) bond motifs is 26. The van der Waals surface area contributed by atoms with Gasteiger partial charge in [0, 0.05) is 65.8 Å². The molecule has 0 amide bonds. The first kappa shape index (κ1) is 39.1. The lowest BCUT2D eigenvalue weighted by molar-refractivity contribution is 1.15. The molecule has 4 nitrogen and oxygen atoms in total. The molecule has 6 heterocycles. The fourth-order valence-electron chi connectivity index (χ4n) is 16.0. The second-order valence-electron chi connectivity index (χ2n) is 24.6. The first-order chi connectivity index (χ1) is 53.8. The van der Waals surface area contributed by atoms with Crippen LogP contribution in [-0.4, -0.2) is 25.0 Å². The zero-order valence-corrected chi connectivity index (χ0v) is 50.4. The van der Waals surface area contributed by atoms with Crippen LogP contribution in [-0.2, 0) is 0 Å². The van der Waals surface area contributed by atoms with E-state index in [0.717, 1.165) is 126 Å². The third kappa shape index (κ3) is 7.43. The highest BCUT2D eigenvalue weighted by atomic mass is 15.0. The minimum Gasteiger partial charge on any atom is -0.310 e. The largest absolute Gasteiger partial charge is 0.310 e. The molecule has 2 aliphatic rings. The molecule has 0 atom stereocenters. The van der Waals surface area contributed by atoms with Crippen molar-refractivity contribution < 1.29 is 21.9 Å². The molecule has 0 aliphatic carbocycles. The van der Waals surface area contributed by atoms with Gasteiger partial charge >= 0.3 is 0 Å². The number of benzene rings is 15.